The number of hydrogen-bond donors (Lipinski definition) is 0. The van der Waals surface area contributed by atoms with Crippen LogP contribution in [0.2, 0.25) is 0 Å². The molecule has 56 valence electrons. The van der Waals surface area contributed by atoms with Crippen LogP contribution in [-0.2, 0) is 0 Å². The number of halogens is 1. The third-order valence-electron chi connectivity index (χ3n) is 0.850. The Kier molecular flexibility index (Phi) is 2.54. The van der Waals surface area contributed by atoms with Gasteiger partial charge < -0.3 is 4.48 Å². The second-order valence-electron chi connectivity index (χ2n) is 4.17. The van der Waals surface area contributed by atoms with E-state index < -0.39 is 0 Å². The third kappa shape index (κ3) is 8.25. The zero-order chi connectivity index (χ0) is 7.71. The van der Waals surface area contributed by atoms with E-state index in [0.29, 0.717) is 0 Å². The summed E-state index contributed by atoms with van der Waals surface area (Å²) in [6, 6.07) is 0. The predicted octanol–water partition coefficient (Wildman–Crippen LogP) is 1.71. The van der Waals surface area contributed by atoms with Gasteiger partial charge in [-0.3, -0.25) is 0 Å². The molecule has 0 atom stereocenters. The van der Waals surface area contributed by atoms with Gasteiger partial charge in [0.2, 0.25) is 0 Å². The average Bonchev–Trinajstić information content (AvgIpc) is 1.14. The van der Waals surface area contributed by atoms with Crippen molar-refractivity contribution in [3.05, 3.63) is 0 Å². The molecule has 0 aromatic carbocycles. The molecule has 0 N–H and O–H groups in total. The molecule has 0 amide bonds. The van der Waals surface area contributed by atoms with Crippen molar-refractivity contribution in [2.24, 2.45) is 0 Å². The van der Waals surface area contributed by atoms with E-state index in [2.05, 4.69) is 21.1 Å². The summed E-state index contributed by atoms with van der Waals surface area (Å²) in [6.07, 6.45) is 0. The summed E-state index contributed by atoms with van der Waals surface area (Å²) in [5.74, 6) is 0. The number of nitrogens with zero attached hydrogens (tertiary/aromatic N) is 1. The van der Waals surface area contributed by atoms with E-state index in [1.165, 1.54) is 0 Å². The lowest BCUT2D eigenvalue weighted by Gasteiger charge is -2.29. The largest absolute Gasteiger partial charge is 0.329 e. The fourth-order valence-electron chi connectivity index (χ4n) is 1.13. The van der Waals surface area contributed by atoms with Gasteiger partial charge in [0.1, 0.15) is 0 Å². The minimum Gasteiger partial charge on any atom is -0.329 e. The van der Waals surface area contributed by atoms with Crippen molar-refractivity contribution in [1.82, 2.24) is 0 Å². The van der Waals surface area contributed by atoms with Crippen LogP contribution in [0.4, 0.5) is 0 Å². The molecule has 0 saturated carbocycles. The van der Waals surface area contributed by atoms with Crippen molar-refractivity contribution < 1.29 is 4.48 Å². The topological polar surface area (TPSA) is 0 Å². The lowest BCUT2D eigenvalue weighted by molar-refractivity contribution is -0.872. The molecule has 0 aliphatic carbocycles. The second-order valence-corrected chi connectivity index (χ2v) is 5.19. The van der Waals surface area contributed by atoms with Crippen LogP contribution in [0.5, 0.6) is 0 Å². The summed E-state index contributed by atoms with van der Waals surface area (Å²) in [5, 5.41) is 0. The molecule has 0 rings (SSSR count). The van der Waals surface area contributed by atoms with E-state index in [1.807, 2.05) is 13.8 Å². The summed E-state index contributed by atoms with van der Waals surface area (Å²) in [4.78, 5) is -0.0712. The number of rotatable bonds is 2. The molecule has 0 fully saturated rings. The van der Waals surface area contributed by atoms with Gasteiger partial charge in [0.15, 0.2) is 0 Å². The van der Waals surface area contributed by atoms with Gasteiger partial charge in [-0.2, -0.15) is 0 Å². The molecule has 0 unspecified atom stereocenters. The van der Waals surface area contributed by atoms with Crippen LogP contribution < -0.4 is 0 Å². The molecular formula is C7H17ClN+. The fraction of sp³-hybridized carbons (Fsp3) is 1.00. The molecule has 0 aliphatic rings. The second kappa shape index (κ2) is 2.47. The third-order valence-corrected chi connectivity index (χ3v) is 0.970. The normalized spacial score (nSPS) is 14.0. The summed E-state index contributed by atoms with van der Waals surface area (Å²) in [7, 11) is 6.43. The summed E-state index contributed by atoms with van der Waals surface area (Å²) in [5.41, 5.74) is 0. The Bertz CT molecular complexity index is 74.1. The number of hydrogen-bond acceptors (Lipinski definition) is 0. The monoisotopic (exact) mass is 150 g/mol. The van der Waals surface area contributed by atoms with Gasteiger partial charge in [-0.05, 0) is 13.8 Å². The highest BCUT2D eigenvalue weighted by Gasteiger charge is 2.22. The van der Waals surface area contributed by atoms with Crippen molar-refractivity contribution in [3.8, 4) is 0 Å². The van der Waals surface area contributed by atoms with Crippen LogP contribution in [0.25, 0.3) is 0 Å². The highest BCUT2D eigenvalue weighted by atomic mass is 35.5. The molecule has 0 saturated heterocycles. The molecule has 0 aromatic heterocycles. The van der Waals surface area contributed by atoms with Gasteiger partial charge in [0.05, 0.1) is 32.6 Å². The molecule has 0 aliphatic heterocycles. The predicted molar refractivity (Wildman–Crippen MR) is 42.8 cm³/mol. The Morgan fingerprint density at radius 1 is 1.22 bits per heavy atom. The highest BCUT2D eigenvalue weighted by Crippen LogP contribution is 2.15. The van der Waals surface area contributed by atoms with Crippen LogP contribution in [0.15, 0.2) is 0 Å². The fourth-order valence-corrected chi connectivity index (χ4v) is 1.49. The maximum Gasteiger partial charge on any atom is 0.0969 e. The van der Waals surface area contributed by atoms with E-state index in [0.717, 1.165) is 11.0 Å². The molecule has 1 nitrogen and oxygen atoms in total. The van der Waals surface area contributed by atoms with Crippen molar-refractivity contribution in [2.45, 2.75) is 18.7 Å². The Labute approximate surface area is 63.2 Å². The first-order valence-electron chi connectivity index (χ1n) is 3.20. The van der Waals surface area contributed by atoms with E-state index in [4.69, 9.17) is 11.6 Å². The Hall–Kier alpha value is 0.250. The SMILES string of the molecule is CC(C)(Cl)C[N+](C)(C)C. The Morgan fingerprint density at radius 3 is 1.56 bits per heavy atom. The summed E-state index contributed by atoms with van der Waals surface area (Å²) >= 11 is 6.00. The first kappa shape index (κ1) is 9.25. The zero-order valence-electron chi connectivity index (χ0n) is 7.03. The van der Waals surface area contributed by atoms with Gasteiger partial charge >= 0.3 is 0 Å². The minimum absolute atomic E-state index is 0.0712. The molecule has 0 radical (unpaired) electrons. The molecular weight excluding hydrogens is 134 g/mol. The zero-order valence-corrected chi connectivity index (χ0v) is 7.79. The average molecular weight is 151 g/mol. The van der Waals surface area contributed by atoms with E-state index in [1.54, 1.807) is 0 Å². The van der Waals surface area contributed by atoms with E-state index >= 15 is 0 Å². The smallest absolute Gasteiger partial charge is 0.0969 e. The Balaban J connectivity index is 3.75. The maximum absolute atomic E-state index is 6.00. The van der Waals surface area contributed by atoms with Crippen molar-refractivity contribution in [3.63, 3.8) is 0 Å². The minimum atomic E-state index is -0.0712. The summed E-state index contributed by atoms with van der Waals surface area (Å²) < 4.78 is 0.927. The van der Waals surface area contributed by atoms with Crippen molar-refractivity contribution in [2.75, 3.05) is 27.7 Å². The van der Waals surface area contributed by atoms with Crippen molar-refractivity contribution >= 4 is 11.6 Å². The maximum atomic E-state index is 6.00. The first-order valence-corrected chi connectivity index (χ1v) is 3.58. The van der Waals surface area contributed by atoms with Crippen LogP contribution in [0.3, 0.4) is 0 Å². The van der Waals surface area contributed by atoms with Gasteiger partial charge in [-0.25, -0.2) is 0 Å². The van der Waals surface area contributed by atoms with Crippen LogP contribution in [-0.4, -0.2) is 37.0 Å². The lowest BCUT2D eigenvalue weighted by Crippen LogP contribution is -2.43. The highest BCUT2D eigenvalue weighted by molar-refractivity contribution is 6.23. The lowest BCUT2D eigenvalue weighted by atomic mass is 10.2. The molecule has 0 aromatic rings. The molecule has 0 spiro atoms. The van der Waals surface area contributed by atoms with Gasteiger partial charge in [-0.15, -0.1) is 11.6 Å². The number of quaternary nitrogens is 1. The van der Waals surface area contributed by atoms with E-state index in [-0.39, 0.29) is 4.87 Å². The quantitative estimate of drug-likeness (QED) is 0.416. The van der Waals surface area contributed by atoms with Gasteiger partial charge in [0, 0.05) is 0 Å². The van der Waals surface area contributed by atoms with Gasteiger partial charge in [-0.1, -0.05) is 0 Å². The Morgan fingerprint density at radius 2 is 1.56 bits per heavy atom. The molecule has 0 bridgehead atoms. The molecule has 9 heavy (non-hydrogen) atoms. The van der Waals surface area contributed by atoms with E-state index in [9.17, 15) is 0 Å². The van der Waals surface area contributed by atoms with Crippen LogP contribution in [0.1, 0.15) is 13.8 Å². The van der Waals surface area contributed by atoms with Crippen LogP contribution in [0, 0.1) is 0 Å². The molecule has 0 heterocycles. The van der Waals surface area contributed by atoms with Crippen molar-refractivity contribution in [1.29, 1.82) is 0 Å². The first-order chi connectivity index (χ1) is 3.71. The van der Waals surface area contributed by atoms with Crippen LogP contribution >= 0.6 is 11.6 Å². The summed E-state index contributed by atoms with van der Waals surface area (Å²) in [6.45, 7) is 5.07. The molecule has 2 heteroatoms. The standard InChI is InChI=1S/C7H17ClN/c1-7(2,8)6-9(3,4)5/h6H2,1-5H3/q+1. The number of alkyl halides is 1. The van der Waals surface area contributed by atoms with Gasteiger partial charge in [0.25, 0.3) is 0 Å².